The van der Waals surface area contributed by atoms with Gasteiger partial charge in [-0.1, -0.05) is 18.6 Å². The van der Waals surface area contributed by atoms with Gasteiger partial charge in [0.25, 0.3) is 0 Å². The molecule has 1 N–H and O–H groups in total. The third-order valence-electron chi connectivity index (χ3n) is 4.07. The molecule has 2 aliphatic rings. The summed E-state index contributed by atoms with van der Waals surface area (Å²) in [7, 11) is 0. The smallest absolute Gasteiger partial charge is 0.137 e. The highest BCUT2D eigenvalue weighted by Crippen LogP contribution is 2.51. The predicted molar refractivity (Wildman–Crippen MR) is 56.4 cm³/mol. The highest BCUT2D eigenvalue weighted by atomic mass is 17.1. The normalized spacial score (nSPS) is 35.2. The van der Waals surface area contributed by atoms with E-state index >= 15 is 0 Å². The quantitative estimate of drug-likeness (QED) is 0.442. The zero-order valence-corrected chi connectivity index (χ0v) is 9.16. The Morgan fingerprint density at radius 3 is 3.20 bits per heavy atom. The summed E-state index contributed by atoms with van der Waals surface area (Å²) in [6, 6.07) is 0. The van der Waals surface area contributed by atoms with Crippen LogP contribution in [0.3, 0.4) is 0 Å². The molecule has 2 atom stereocenters. The fraction of sp³-hybridized carbons (Fsp3) is 0.750. The Labute approximate surface area is 90.1 Å². The maximum absolute atomic E-state index is 11.8. The number of carbonyl (C=O) groups excluding carboxylic acids is 1. The number of Topliss-reactive ketones (excluding diaryl/α,β-unsaturated/α-hetero) is 1. The summed E-state index contributed by atoms with van der Waals surface area (Å²) in [5.41, 5.74) is 1.35. The first kappa shape index (κ1) is 10.8. The van der Waals surface area contributed by atoms with Crippen LogP contribution in [0.15, 0.2) is 11.6 Å². The van der Waals surface area contributed by atoms with E-state index in [1.54, 1.807) is 0 Å². The van der Waals surface area contributed by atoms with E-state index in [0.29, 0.717) is 12.4 Å². The average molecular weight is 210 g/mol. The lowest BCUT2D eigenvalue weighted by Crippen LogP contribution is -2.35. The van der Waals surface area contributed by atoms with Crippen LogP contribution in [0.5, 0.6) is 0 Å². The van der Waals surface area contributed by atoms with Crippen molar-refractivity contribution >= 4 is 5.78 Å². The van der Waals surface area contributed by atoms with Crippen LogP contribution in [-0.4, -0.2) is 17.6 Å². The molecule has 0 radical (unpaired) electrons. The molecule has 0 bridgehead atoms. The van der Waals surface area contributed by atoms with E-state index in [9.17, 15) is 4.79 Å². The molecular weight excluding hydrogens is 192 g/mol. The number of hydrogen-bond acceptors (Lipinski definition) is 3. The monoisotopic (exact) mass is 210 g/mol. The molecule has 2 rings (SSSR count). The van der Waals surface area contributed by atoms with Crippen LogP contribution in [0.4, 0.5) is 0 Å². The summed E-state index contributed by atoms with van der Waals surface area (Å²) in [4.78, 5) is 15.9. The standard InChI is InChI=1S/C12H18O3/c1-12-7-2-3-11(13)10(12)5-4-9(12)6-8-15-14/h4,10,14H,2-3,5-8H2,1H3/t10?,12-/m1/s1. The van der Waals surface area contributed by atoms with E-state index in [1.807, 2.05) is 0 Å². The summed E-state index contributed by atoms with van der Waals surface area (Å²) in [6.07, 6.45) is 6.65. The Morgan fingerprint density at radius 2 is 2.47 bits per heavy atom. The van der Waals surface area contributed by atoms with Gasteiger partial charge in [-0.2, -0.15) is 0 Å². The lowest BCUT2D eigenvalue weighted by Gasteiger charge is -2.38. The van der Waals surface area contributed by atoms with E-state index in [2.05, 4.69) is 17.9 Å². The summed E-state index contributed by atoms with van der Waals surface area (Å²) in [6.45, 7) is 2.52. The number of allylic oxidation sites excluding steroid dienone is 1. The van der Waals surface area contributed by atoms with Gasteiger partial charge in [0.05, 0.1) is 6.61 Å². The van der Waals surface area contributed by atoms with Crippen molar-refractivity contribution in [1.29, 1.82) is 0 Å². The number of carbonyl (C=O) groups is 1. The van der Waals surface area contributed by atoms with Crippen molar-refractivity contribution in [3.63, 3.8) is 0 Å². The maximum atomic E-state index is 11.8. The van der Waals surface area contributed by atoms with Gasteiger partial charge in [-0.25, -0.2) is 4.89 Å². The molecule has 1 fully saturated rings. The van der Waals surface area contributed by atoms with E-state index in [1.165, 1.54) is 5.57 Å². The van der Waals surface area contributed by atoms with Crippen LogP contribution >= 0.6 is 0 Å². The van der Waals surface area contributed by atoms with Crippen molar-refractivity contribution in [2.75, 3.05) is 6.61 Å². The SMILES string of the molecule is C[C@]12CCCC(=O)C1CC=C2CCOO. The molecule has 0 aliphatic heterocycles. The molecule has 0 amide bonds. The molecule has 0 aromatic rings. The fourth-order valence-electron chi connectivity index (χ4n) is 3.15. The lowest BCUT2D eigenvalue weighted by atomic mass is 9.65. The van der Waals surface area contributed by atoms with Crippen LogP contribution in [0.25, 0.3) is 0 Å². The first-order valence-electron chi connectivity index (χ1n) is 5.67. The fourth-order valence-corrected chi connectivity index (χ4v) is 3.15. The third-order valence-corrected chi connectivity index (χ3v) is 4.07. The summed E-state index contributed by atoms with van der Waals surface area (Å²) in [5.74, 6) is 0.611. The number of rotatable bonds is 3. The van der Waals surface area contributed by atoms with Gasteiger partial charge in [0.15, 0.2) is 0 Å². The van der Waals surface area contributed by atoms with Crippen molar-refractivity contribution < 1.29 is 14.9 Å². The van der Waals surface area contributed by atoms with Crippen LogP contribution in [0.2, 0.25) is 0 Å². The number of ketones is 1. The minimum absolute atomic E-state index is 0.0495. The van der Waals surface area contributed by atoms with Crippen molar-refractivity contribution in [3.05, 3.63) is 11.6 Å². The second-order valence-corrected chi connectivity index (χ2v) is 4.84. The maximum Gasteiger partial charge on any atom is 0.137 e. The number of hydrogen-bond donors (Lipinski definition) is 1. The second-order valence-electron chi connectivity index (χ2n) is 4.84. The molecule has 0 heterocycles. The van der Waals surface area contributed by atoms with Crippen LogP contribution in [-0.2, 0) is 9.68 Å². The Balaban J connectivity index is 2.12. The second kappa shape index (κ2) is 4.06. The van der Waals surface area contributed by atoms with Crippen molar-refractivity contribution in [1.82, 2.24) is 0 Å². The van der Waals surface area contributed by atoms with Gasteiger partial charge in [-0.15, -0.1) is 0 Å². The lowest BCUT2D eigenvalue weighted by molar-refractivity contribution is -0.241. The first-order valence-corrected chi connectivity index (χ1v) is 5.67. The third kappa shape index (κ3) is 1.74. The molecule has 2 aliphatic carbocycles. The zero-order chi connectivity index (χ0) is 10.9. The van der Waals surface area contributed by atoms with Gasteiger partial charge in [0, 0.05) is 12.3 Å². The molecule has 1 unspecified atom stereocenters. The summed E-state index contributed by atoms with van der Waals surface area (Å²) >= 11 is 0. The Morgan fingerprint density at radius 1 is 1.67 bits per heavy atom. The molecule has 3 heteroatoms. The van der Waals surface area contributed by atoms with Gasteiger partial charge in [0.1, 0.15) is 5.78 Å². The van der Waals surface area contributed by atoms with Crippen molar-refractivity contribution in [3.8, 4) is 0 Å². The highest BCUT2D eigenvalue weighted by molar-refractivity contribution is 5.84. The minimum atomic E-state index is 0.0495. The van der Waals surface area contributed by atoms with E-state index < -0.39 is 0 Å². The molecule has 0 saturated heterocycles. The van der Waals surface area contributed by atoms with Crippen molar-refractivity contribution in [2.24, 2.45) is 11.3 Å². The van der Waals surface area contributed by atoms with Gasteiger partial charge < -0.3 is 0 Å². The van der Waals surface area contributed by atoms with E-state index in [0.717, 1.165) is 32.1 Å². The van der Waals surface area contributed by atoms with Gasteiger partial charge >= 0.3 is 0 Å². The molecular formula is C12H18O3. The average Bonchev–Trinajstić information content (AvgIpc) is 2.54. The van der Waals surface area contributed by atoms with Crippen molar-refractivity contribution in [2.45, 2.75) is 39.0 Å². The highest BCUT2D eigenvalue weighted by Gasteiger charge is 2.46. The Bertz CT molecular complexity index is 295. The molecule has 84 valence electrons. The number of fused-ring (bicyclic) bond motifs is 1. The van der Waals surface area contributed by atoms with E-state index in [-0.39, 0.29) is 11.3 Å². The molecule has 0 aromatic carbocycles. The molecule has 0 aromatic heterocycles. The minimum Gasteiger partial charge on any atom is -0.299 e. The summed E-state index contributed by atoms with van der Waals surface area (Å²) < 4.78 is 0. The molecule has 1 saturated carbocycles. The van der Waals surface area contributed by atoms with Crippen LogP contribution < -0.4 is 0 Å². The van der Waals surface area contributed by atoms with E-state index in [4.69, 9.17) is 5.26 Å². The van der Waals surface area contributed by atoms with Crippen LogP contribution in [0.1, 0.15) is 39.0 Å². The largest absolute Gasteiger partial charge is 0.299 e. The Hall–Kier alpha value is -0.670. The van der Waals surface area contributed by atoms with Gasteiger partial charge in [-0.05, 0) is 31.1 Å². The topological polar surface area (TPSA) is 46.5 Å². The summed E-state index contributed by atoms with van der Waals surface area (Å²) in [5, 5.41) is 8.36. The van der Waals surface area contributed by atoms with Crippen LogP contribution in [0, 0.1) is 11.3 Å². The van der Waals surface area contributed by atoms with Gasteiger partial charge in [0.2, 0.25) is 0 Å². The molecule has 0 spiro atoms. The predicted octanol–water partition coefficient (Wildman–Crippen LogP) is 2.57. The zero-order valence-electron chi connectivity index (χ0n) is 9.16. The van der Waals surface area contributed by atoms with Gasteiger partial charge in [-0.3, -0.25) is 10.1 Å². The Kier molecular flexibility index (Phi) is 2.94. The first-order chi connectivity index (χ1) is 7.18. The molecule has 15 heavy (non-hydrogen) atoms. The molecule has 3 nitrogen and oxygen atoms in total.